The van der Waals surface area contributed by atoms with Gasteiger partial charge in [0.25, 0.3) is 0 Å². The van der Waals surface area contributed by atoms with Crippen LogP contribution in [0.15, 0.2) is 24.3 Å². The summed E-state index contributed by atoms with van der Waals surface area (Å²) < 4.78 is 0. The third kappa shape index (κ3) is 2.42. The van der Waals surface area contributed by atoms with E-state index in [1.165, 1.54) is 11.1 Å². The molecule has 3 heteroatoms. The van der Waals surface area contributed by atoms with Crippen LogP contribution in [0.3, 0.4) is 0 Å². The summed E-state index contributed by atoms with van der Waals surface area (Å²) in [4.78, 5) is 11.2. The van der Waals surface area contributed by atoms with Crippen molar-refractivity contribution in [3.63, 3.8) is 0 Å². The predicted molar refractivity (Wildman–Crippen MR) is 64.1 cm³/mol. The minimum absolute atomic E-state index is 0.0285. The van der Waals surface area contributed by atoms with Crippen molar-refractivity contribution >= 4 is 5.91 Å². The lowest BCUT2D eigenvalue weighted by atomic mass is 9.85. The van der Waals surface area contributed by atoms with Crippen molar-refractivity contribution in [2.45, 2.75) is 19.3 Å². The fraction of sp³-hybridized carbons (Fsp3) is 0.462. The van der Waals surface area contributed by atoms with Crippen LogP contribution in [0, 0.1) is 12.8 Å². The standard InChI is InChI=1S/C13H18N2O/c1-9-3-2-4-10(5-9)11-6-12(13(14)16)8-15-7-11/h2-5,11-12,15H,6-8H2,1H3,(H2,14,16)/t11-,12-/m1/s1. The van der Waals surface area contributed by atoms with E-state index < -0.39 is 0 Å². The maximum absolute atomic E-state index is 11.2. The van der Waals surface area contributed by atoms with Crippen molar-refractivity contribution in [1.82, 2.24) is 5.32 Å². The van der Waals surface area contributed by atoms with Crippen molar-refractivity contribution in [2.24, 2.45) is 11.7 Å². The molecule has 0 saturated carbocycles. The molecule has 0 aromatic heterocycles. The second-order valence-corrected chi connectivity index (χ2v) is 4.60. The molecule has 3 N–H and O–H groups in total. The third-order valence-corrected chi connectivity index (χ3v) is 3.27. The minimum atomic E-state index is -0.190. The monoisotopic (exact) mass is 218 g/mol. The van der Waals surface area contributed by atoms with E-state index in [9.17, 15) is 4.79 Å². The third-order valence-electron chi connectivity index (χ3n) is 3.27. The van der Waals surface area contributed by atoms with Gasteiger partial charge < -0.3 is 11.1 Å². The molecule has 1 aromatic rings. The van der Waals surface area contributed by atoms with E-state index in [1.807, 2.05) is 0 Å². The van der Waals surface area contributed by atoms with Crippen LogP contribution in [0.5, 0.6) is 0 Å². The van der Waals surface area contributed by atoms with Gasteiger partial charge in [-0.05, 0) is 24.8 Å². The Labute approximate surface area is 96.0 Å². The van der Waals surface area contributed by atoms with E-state index in [2.05, 4.69) is 36.5 Å². The van der Waals surface area contributed by atoms with Crippen LogP contribution in [0.25, 0.3) is 0 Å². The molecule has 2 rings (SSSR count). The molecule has 0 spiro atoms. The van der Waals surface area contributed by atoms with Crippen molar-refractivity contribution in [3.8, 4) is 0 Å². The van der Waals surface area contributed by atoms with Crippen LogP contribution in [0.2, 0.25) is 0 Å². The zero-order chi connectivity index (χ0) is 11.5. The van der Waals surface area contributed by atoms with Gasteiger partial charge in [-0.1, -0.05) is 29.8 Å². The molecule has 16 heavy (non-hydrogen) atoms. The Morgan fingerprint density at radius 1 is 1.44 bits per heavy atom. The molecule has 86 valence electrons. The highest BCUT2D eigenvalue weighted by atomic mass is 16.1. The van der Waals surface area contributed by atoms with Gasteiger partial charge in [-0.15, -0.1) is 0 Å². The van der Waals surface area contributed by atoms with Crippen molar-refractivity contribution < 1.29 is 4.79 Å². The van der Waals surface area contributed by atoms with Crippen molar-refractivity contribution in [3.05, 3.63) is 35.4 Å². The predicted octanol–water partition coefficient (Wildman–Crippen LogP) is 1.17. The molecule has 0 bridgehead atoms. The summed E-state index contributed by atoms with van der Waals surface area (Å²) in [6, 6.07) is 8.47. The second-order valence-electron chi connectivity index (χ2n) is 4.60. The van der Waals surface area contributed by atoms with Crippen molar-refractivity contribution in [2.75, 3.05) is 13.1 Å². The molecular formula is C13H18N2O. The molecule has 0 unspecified atom stereocenters. The largest absolute Gasteiger partial charge is 0.369 e. The molecule has 0 aliphatic carbocycles. The number of primary amides is 1. The fourth-order valence-corrected chi connectivity index (χ4v) is 2.34. The van der Waals surface area contributed by atoms with Gasteiger partial charge in [-0.25, -0.2) is 0 Å². The number of nitrogens with two attached hydrogens (primary N) is 1. The maximum Gasteiger partial charge on any atom is 0.221 e. The lowest BCUT2D eigenvalue weighted by molar-refractivity contribution is -0.122. The van der Waals surface area contributed by atoms with Gasteiger partial charge in [0.1, 0.15) is 0 Å². The summed E-state index contributed by atoms with van der Waals surface area (Å²) in [7, 11) is 0. The Bertz CT molecular complexity index is 389. The van der Waals surface area contributed by atoms with E-state index in [-0.39, 0.29) is 11.8 Å². The van der Waals surface area contributed by atoms with Crippen LogP contribution >= 0.6 is 0 Å². The Morgan fingerprint density at radius 2 is 2.25 bits per heavy atom. The SMILES string of the molecule is Cc1cccc([C@H]2CNC[C@H](C(N)=O)C2)c1. The summed E-state index contributed by atoms with van der Waals surface area (Å²) in [6.07, 6.45) is 0.867. The summed E-state index contributed by atoms with van der Waals surface area (Å²) in [5, 5.41) is 3.28. The van der Waals surface area contributed by atoms with Crippen LogP contribution < -0.4 is 11.1 Å². The number of piperidine rings is 1. The van der Waals surface area contributed by atoms with E-state index in [1.54, 1.807) is 0 Å². The number of carbonyl (C=O) groups excluding carboxylic acids is 1. The lowest BCUT2D eigenvalue weighted by Gasteiger charge is -2.28. The summed E-state index contributed by atoms with van der Waals surface area (Å²) >= 11 is 0. The summed E-state index contributed by atoms with van der Waals surface area (Å²) in [6.45, 7) is 3.75. The molecule has 1 saturated heterocycles. The van der Waals surface area contributed by atoms with Crippen molar-refractivity contribution in [1.29, 1.82) is 0 Å². The van der Waals surface area contributed by atoms with Gasteiger partial charge in [-0.3, -0.25) is 4.79 Å². The molecule has 1 amide bonds. The quantitative estimate of drug-likeness (QED) is 0.783. The van der Waals surface area contributed by atoms with Gasteiger partial charge in [0.05, 0.1) is 5.92 Å². The molecular weight excluding hydrogens is 200 g/mol. The number of hydrogen-bond acceptors (Lipinski definition) is 2. The van der Waals surface area contributed by atoms with Crippen LogP contribution in [-0.2, 0) is 4.79 Å². The van der Waals surface area contributed by atoms with E-state index in [0.29, 0.717) is 5.92 Å². The number of nitrogens with one attached hydrogen (secondary N) is 1. The highest BCUT2D eigenvalue weighted by Crippen LogP contribution is 2.26. The van der Waals surface area contributed by atoms with Gasteiger partial charge in [0, 0.05) is 13.1 Å². The van der Waals surface area contributed by atoms with Gasteiger partial charge >= 0.3 is 0 Å². The Hall–Kier alpha value is -1.35. The van der Waals surface area contributed by atoms with Gasteiger partial charge in [-0.2, -0.15) is 0 Å². The van der Waals surface area contributed by atoms with E-state index in [0.717, 1.165) is 19.5 Å². The molecule has 2 atom stereocenters. The maximum atomic E-state index is 11.2. The van der Waals surface area contributed by atoms with E-state index >= 15 is 0 Å². The smallest absolute Gasteiger partial charge is 0.221 e. The first-order chi connectivity index (χ1) is 7.66. The highest BCUT2D eigenvalue weighted by molar-refractivity contribution is 5.77. The lowest BCUT2D eigenvalue weighted by Crippen LogP contribution is -2.41. The Balaban J connectivity index is 2.12. The number of rotatable bonds is 2. The summed E-state index contributed by atoms with van der Waals surface area (Å²) in [5.41, 5.74) is 7.93. The average molecular weight is 218 g/mol. The number of amides is 1. The molecule has 1 aliphatic rings. The minimum Gasteiger partial charge on any atom is -0.369 e. The Kier molecular flexibility index (Phi) is 3.25. The molecule has 1 aromatic carbocycles. The number of benzene rings is 1. The average Bonchev–Trinajstić information content (AvgIpc) is 2.29. The number of hydrogen-bond donors (Lipinski definition) is 2. The molecule has 1 fully saturated rings. The normalized spacial score (nSPS) is 25.3. The molecule has 3 nitrogen and oxygen atoms in total. The first kappa shape index (κ1) is 11.1. The van der Waals surface area contributed by atoms with Gasteiger partial charge in [0.2, 0.25) is 5.91 Å². The van der Waals surface area contributed by atoms with Crippen LogP contribution in [-0.4, -0.2) is 19.0 Å². The molecule has 0 radical (unpaired) electrons. The topological polar surface area (TPSA) is 55.1 Å². The number of aryl methyl sites for hydroxylation is 1. The zero-order valence-corrected chi connectivity index (χ0v) is 9.57. The second kappa shape index (κ2) is 4.66. The van der Waals surface area contributed by atoms with Crippen LogP contribution in [0.1, 0.15) is 23.5 Å². The first-order valence-corrected chi connectivity index (χ1v) is 5.73. The van der Waals surface area contributed by atoms with Gasteiger partial charge in [0.15, 0.2) is 0 Å². The summed E-state index contributed by atoms with van der Waals surface area (Å²) in [5.74, 6) is 0.190. The van der Waals surface area contributed by atoms with E-state index in [4.69, 9.17) is 5.73 Å². The first-order valence-electron chi connectivity index (χ1n) is 5.73. The van der Waals surface area contributed by atoms with Crippen LogP contribution in [0.4, 0.5) is 0 Å². The fourth-order valence-electron chi connectivity index (χ4n) is 2.34. The molecule has 1 heterocycles. The number of carbonyl (C=O) groups is 1. The highest BCUT2D eigenvalue weighted by Gasteiger charge is 2.26. The zero-order valence-electron chi connectivity index (χ0n) is 9.57. The Morgan fingerprint density at radius 3 is 2.94 bits per heavy atom. The molecule has 1 aliphatic heterocycles.